The highest BCUT2D eigenvalue weighted by Gasteiger charge is 2.47. The predicted molar refractivity (Wildman–Crippen MR) is 80.4 cm³/mol. The first kappa shape index (κ1) is 12.8. The lowest BCUT2D eigenvalue weighted by Crippen LogP contribution is -2.57. The first-order chi connectivity index (χ1) is 9.74. The second-order valence-electron chi connectivity index (χ2n) is 7.18. The van der Waals surface area contributed by atoms with Crippen molar-refractivity contribution in [1.29, 1.82) is 0 Å². The summed E-state index contributed by atoms with van der Waals surface area (Å²) in [4.78, 5) is 2.75. The summed E-state index contributed by atoms with van der Waals surface area (Å²) in [5.74, 6) is 0.959. The molecule has 2 atom stereocenters. The van der Waals surface area contributed by atoms with E-state index in [4.69, 9.17) is 0 Å². The van der Waals surface area contributed by atoms with Crippen molar-refractivity contribution >= 4 is 0 Å². The molecule has 2 saturated heterocycles. The number of nitrogens with zero attached hydrogens (tertiary/aromatic N) is 1. The van der Waals surface area contributed by atoms with Crippen molar-refractivity contribution in [2.45, 2.75) is 62.6 Å². The molecule has 2 heteroatoms. The lowest BCUT2D eigenvalue weighted by atomic mass is 9.72. The van der Waals surface area contributed by atoms with E-state index in [1.165, 1.54) is 38.6 Å². The van der Waals surface area contributed by atoms with E-state index < -0.39 is 5.60 Å². The smallest absolute Gasteiger partial charge is 0.0926 e. The molecule has 1 N–H and O–H groups in total. The van der Waals surface area contributed by atoms with Gasteiger partial charge in [0, 0.05) is 18.6 Å². The quantitative estimate of drug-likeness (QED) is 0.912. The molecule has 1 saturated carbocycles. The Balaban J connectivity index is 1.57. The Bertz CT molecular complexity index is 454. The number of benzene rings is 1. The molecule has 108 valence electrons. The molecule has 1 aromatic rings. The number of aliphatic hydroxyl groups is 1. The molecule has 3 fully saturated rings. The van der Waals surface area contributed by atoms with E-state index >= 15 is 0 Å². The fourth-order valence-corrected chi connectivity index (χ4v) is 4.40. The molecule has 0 amide bonds. The van der Waals surface area contributed by atoms with Gasteiger partial charge in [-0.25, -0.2) is 0 Å². The van der Waals surface area contributed by atoms with Crippen LogP contribution in [0.4, 0.5) is 0 Å². The maximum atomic E-state index is 11.2. The highest BCUT2D eigenvalue weighted by atomic mass is 16.3. The lowest BCUT2D eigenvalue weighted by molar-refractivity contribution is -0.0979. The standard InChI is InChI=1S/C18H25NO/c20-18(15-5-2-1-3-6-15)11-16-7-4-8-17(12-18)19(16)13-14-9-10-14/h1-3,5-6,14,16-17,20H,4,7-13H2/t16-,17-/m1/s1. The fourth-order valence-electron chi connectivity index (χ4n) is 4.40. The van der Waals surface area contributed by atoms with Crippen LogP contribution in [0.5, 0.6) is 0 Å². The van der Waals surface area contributed by atoms with Crippen LogP contribution in [0.2, 0.25) is 0 Å². The Hall–Kier alpha value is -0.860. The maximum Gasteiger partial charge on any atom is 0.0926 e. The van der Waals surface area contributed by atoms with E-state index in [0.29, 0.717) is 12.1 Å². The summed E-state index contributed by atoms with van der Waals surface area (Å²) in [6.45, 7) is 1.29. The van der Waals surface area contributed by atoms with Crippen LogP contribution in [-0.2, 0) is 5.60 Å². The zero-order valence-corrected chi connectivity index (χ0v) is 12.2. The van der Waals surface area contributed by atoms with E-state index in [1.54, 1.807) is 0 Å². The summed E-state index contributed by atoms with van der Waals surface area (Å²) in [5, 5.41) is 11.2. The second-order valence-corrected chi connectivity index (χ2v) is 7.18. The van der Waals surface area contributed by atoms with Crippen LogP contribution in [0.25, 0.3) is 0 Å². The number of piperidine rings is 2. The van der Waals surface area contributed by atoms with Gasteiger partial charge in [-0.1, -0.05) is 36.8 Å². The van der Waals surface area contributed by atoms with Gasteiger partial charge in [-0.15, -0.1) is 0 Å². The van der Waals surface area contributed by atoms with E-state index in [1.807, 2.05) is 6.07 Å². The average molecular weight is 271 g/mol. The number of hydrogen-bond acceptors (Lipinski definition) is 2. The highest BCUT2D eigenvalue weighted by molar-refractivity contribution is 5.24. The van der Waals surface area contributed by atoms with E-state index in [2.05, 4.69) is 29.2 Å². The predicted octanol–water partition coefficient (Wildman–Crippen LogP) is 3.30. The maximum absolute atomic E-state index is 11.2. The van der Waals surface area contributed by atoms with Crippen LogP contribution in [0, 0.1) is 5.92 Å². The molecule has 0 radical (unpaired) electrons. The van der Waals surface area contributed by atoms with Gasteiger partial charge in [0.05, 0.1) is 5.60 Å². The zero-order chi connectivity index (χ0) is 13.6. The molecule has 3 aliphatic rings. The summed E-state index contributed by atoms with van der Waals surface area (Å²) in [6, 6.07) is 11.6. The molecular weight excluding hydrogens is 246 g/mol. The molecule has 0 unspecified atom stereocenters. The van der Waals surface area contributed by atoms with Gasteiger partial charge in [0.25, 0.3) is 0 Å². The Morgan fingerprint density at radius 2 is 1.65 bits per heavy atom. The first-order valence-electron chi connectivity index (χ1n) is 8.28. The third-order valence-corrected chi connectivity index (χ3v) is 5.64. The van der Waals surface area contributed by atoms with Gasteiger partial charge < -0.3 is 5.11 Å². The van der Waals surface area contributed by atoms with Crippen molar-refractivity contribution in [3.8, 4) is 0 Å². The molecule has 2 heterocycles. The molecular formula is C18H25NO. The topological polar surface area (TPSA) is 23.5 Å². The highest BCUT2D eigenvalue weighted by Crippen LogP contribution is 2.45. The number of fused-ring (bicyclic) bond motifs is 2. The number of hydrogen-bond donors (Lipinski definition) is 1. The van der Waals surface area contributed by atoms with Crippen LogP contribution >= 0.6 is 0 Å². The minimum absolute atomic E-state index is 0.586. The molecule has 2 bridgehead atoms. The minimum atomic E-state index is -0.586. The summed E-state index contributed by atoms with van der Waals surface area (Å²) in [6.07, 6.45) is 8.62. The monoisotopic (exact) mass is 271 g/mol. The van der Waals surface area contributed by atoms with E-state index in [9.17, 15) is 5.11 Å². The van der Waals surface area contributed by atoms with Gasteiger partial charge in [0.15, 0.2) is 0 Å². The summed E-state index contributed by atoms with van der Waals surface area (Å²) >= 11 is 0. The molecule has 2 nitrogen and oxygen atoms in total. The van der Waals surface area contributed by atoms with Gasteiger partial charge in [0.1, 0.15) is 0 Å². The van der Waals surface area contributed by atoms with Gasteiger partial charge in [-0.2, -0.15) is 0 Å². The normalized spacial score (nSPS) is 37.9. The van der Waals surface area contributed by atoms with Crippen molar-refractivity contribution in [2.75, 3.05) is 6.54 Å². The molecule has 2 aliphatic heterocycles. The third-order valence-electron chi connectivity index (χ3n) is 5.64. The van der Waals surface area contributed by atoms with Gasteiger partial charge in [-0.05, 0) is 50.0 Å². The molecule has 0 spiro atoms. The Morgan fingerprint density at radius 3 is 2.25 bits per heavy atom. The number of rotatable bonds is 3. The first-order valence-corrected chi connectivity index (χ1v) is 8.28. The van der Waals surface area contributed by atoms with Crippen LogP contribution < -0.4 is 0 Å². The second kappa shape index (κ2) is 4.85. The van der Waals surface area contributed by atoms with E-state index in [-0.39, 0.29) is 0 Å². The van der Waals surface area contributed by atoms with Crippen molar-refractivity contribution in [1.82, 2.24) is 4.90 Å². The van der Waals surface area contributed by atoms with Crippen LogP contribution in [-0.4, -0.2) is 28.6 Å². The molecule has 0 aromatic heterocycles. The molecule has 20 heavy (non-hydrogen) atoms. The SMILES string of the molecule is OC1(c2ccccc2)C[C@H]2CCC[C@H](C1)N2CC1CC1. The van der Waals surface area contributed by atoms with Crippen molar-refractivity contribution in [3.63, 3.8) is 0 Å². The van der Waals surface area contributed by atoms with Crippen LogP contribution in [0.15, 0.2) is 30.3 Å². The van der Waals surface area contributed by atoms with Crippen molar-refractivity contribution in [3.05, 3.63) is 35.9 Å². The molecule has 1 aliphatic carbocycles. The van der Waals surface area contributed by atoms with Gasteiger partial charge in [-0.3, -0.25) is 4.90 Å². The lowest BCUT2D eigenvalue weighted by Gasteiger charge is -2.52. The zero-order valence-electron chi connectivity index (χ0n) is 12.2. The summed E-state index contributed by atoms with van der Waals surface area (Å²) in [7, 11) is 0. The van der Waals surface area contributed by atoms with Crippen molar-refractivity contribution < 1.29 is 5.11 Å². The molecule has 4 rings (SSSR count). The summed E-state index contributed by atoms with van der Waals surface area (Å²) < 4.78 is 0. The Morgan fingerprint density at radius 1 is 1.00 bits per heavy atom. The van der Waals surface area contributed by atoms with Crippen LogP contribution in [0.3, 0.4) is 0 Å². The van der Waals surface area contributed by atoms with Crippen LogP contribution in [0.1, 0.15) is 50.5 Å². The van der Waals surface area contributed by atoms with Crippen molar-refractivity contribution in [2.24, 2.45) is 5.92 Å². The summed E-state index contributed by atoms with van der Waals surface area (Å²) in [5.41, 5.74) is 0.542. The van der Waals surface area contributed by atoms with E-state index in [0.717, 1.165) is 24.3 Å². The average Bonchev–Trinajstić information content (AvgIpc) is 3.25. The van der Waals surface area contributed by atoms with Gasteiger partial charge >= 0.3 is 0 Å². The van der Waals surface area contributed by atoms with Gasteiger partial charge in [0.2, 0.25) is 0 Å². The largest absolute Gasteiger partial charge is 0.385 e. The minimum Gasteiger partial charge on any atom is -0.385 e. The fraction of sp³-hybridized carbons (Fsp3) is 0.667. The molecule has 1 aromatic carbocycles. The Kier molecular flexibility index (Phi) is 3.12. The Labute approximate surface area is 121 Å². The third kappa shape index (κ3) is 2.29.